The summed E-state index contributed by atoms with van der Waals surface area (Å²) in [5, 5.41) is 16.2. The predicted molar refractivity (Wildman–Crippen MR) is 68.9 cm³/mol. The highest BCUT2D eigenvalue weighted by molar-refractivity contribution is 5.83. The highest BCUT2D eigenvalue weighted by Gasteiger charge is 2.20. The number of hydrogen-bond donors (Lipinski definition) is 5. The Morgan fingerprint density at radius 3 is 2.75 bits per heavy atom. The summed E-state index contributed by atoms with van der Waals surface area (Å²) in [7, 11) is 1.49. The third kappa shape index (κ3) is 5.38. The Kier molecular flexibility index (Phi) is 6.01. The van der Waals surface area contributed by atoms with Crippen molar-refractivity contribution >= 4 is 17.9 Å². The van der Waals surface area contributed by atoms with Crippen molar-refractivity contribution in [1.82, 2.24) is 25.9 Å². The Balaban J connectivity index is 2.39. The van der Waals surface area contributed by atoms with Crippen molar-refractivity contribution in [3.63, 3.8) is 0 Å². The van der Waals surface area contributed by atoms with Crippen LogP contribution in [-0.2, 0) is 16.0 Å². The molecule has 0 saturated carbocycles. The van der Waals surface area contributed by atoms with E-state index in [0.717, 1.165) is 0 Å². The third-order valence-electron chi connectivity index (χ3n) is 2.50. The number of H-pyrrole nitrogens is 1. The van der Waals surface area contributed by atoms with Gasteiger partial charge in [0.2, 0.25) is 5.91 Å². The molecule has 20 heavy (non-hydrogen) atoms. The number of imidazole rings is 1. The minimum Gasteiger partial charge on any atom is -0.480 e. The molecule has 5 N–H and O–H groups in total. The van der Waals surface area contributed by atoms with Gasteiger partial charge in [-0.3, -0.25) is 4.79 Å². The van der Waals surface area contributed by atoms with Crippen molar-refractivity contribution in [3.8, 4) is 0 Å². The van der Waals surface area contributed by atoms with Crippen LogP contribution in [0.1, 0.15) is 12.1 Å². The number of carboxylic acids is 1. The van der Waals surface area contributed by atoms with E-state index in [1.807, 2.05) is 0 Å². The molecule has 1 unspecified atom stereocenters. The zero-order valence-electron chi connectivity index (χ0n) is 11.0. The lowest BCUT2D eigenvalue weighted by Gasteiger charge is -2.14. The minimum atomic E-state index is -1.15. The van der Waals surface area contributed by atoms with Crippen LogP contribution in [-0.4, -0.2) is 52.6 Å². The fourth-order valence-electron chi connectivity index (χ4n) is 1.44. The second-order valence-electron chi connectivity index (χ2n) is 4.00. The molecule has 1 heterocycles. The van der Waals surface area contributed by atoms with Crippen LogP contribution in [0.15, 0.2) is 12.5 Å². The summed E-state index contributed by atoms with van der Waals surface area (Å²) in [5.41, 5.74) is 0.600. The van der Waals surface area contributed by atoms with Crippen LogP contribution < -0.4 is 16.0 Å². The summed E-state index contributed by atoms with van der Waals surface area (Å²) in [6, 6.07) is -1.71. The van der Waals surface area contributed by atoms with Crippen LogP contribution in [0.3, 0.4) is 0 Å². The Hall–Kier alpha value is -2.58. The molecule has 0 saturated heterocycles. The summed E-state index contributed by atoms with van der Waals surface area (Å²) in [4.78, 5) is 40.0. The topological polar surface area (TPSA) is 136 Å². The van der Waals surface area contributed by atoms with E-state index in [1.54, 1.807) is 0 Å². The number of aliphatic carboxylic acids is 1. The number of rotatable bonds is 7. The molecule has 0 fully saturated rings. The number of aromatic amines is 1. The number of amides is 3. The average molecular weight is 283 g/mol. The summed E-state index contributed by atoms with van der Waals surface area (Å²) in [6.45, 7) is 0.127. The summed E-state index contributed by atoms with van der Waals surface area (Å²) < 4.78 is 0. The summed E-state index contributed by atoms with van der Waals surface area (Å²) in [6.07, 6.45) is 3.14. The van der Waals surface area contributed by atoms with Gasteiger partial charge in [0, 0.05) is 38.3 Å². The second-order valence-corrected chi connectivity index (χ2v) is 4.00. The number of carbonyl (C=O) groups excluding carboxylic acids is 2. The molecule has 9 nitrogen and oxygen atoms in total. The lowest BCUT2D eigenvalue weighted by molar-refractivity contribution is -0.139. The zero-order valence-corrected chi connectivity index (χ0v) is 11.0. The maximum Gasteiger partial charge on any atom is 0.326 e. The quantitative estimate of drug-likeness (QED) is 0.430. The van der Waals surface area contributed by atoms with Gasteiger partial charge in [0.15, 0.2) is 0 Å². The lowest BCUT2D eigenvalue weighted by atomic mass is 10.2. The van der Waals surface area contributed by atoms with Crippen LogP contribution in [0.25, 0.3) is 0 Å². The van der Waals surface area contributed by atoms with Crippen molar-refractivity contribution in [2.45, 2.75) is 18.9 Å². The molecule has 0 aliphatic rings. The van der Waals surface area contributed by atoms with Gasteiger partial charge in [-0.1, -0.05) is 0 Å². The molecule has 110 valence electrons. The number of aromatic nitrogens is 2. The van der Waals surface area contributed by atoms with E-state index < -0.39 is 18.0 Å². The van der Waals surface area contributed by atoms with E-state index in [4.69, 9.17) is 5.11 Å². The van der Waals surface area contributed by atoms with E-state index in [1.165, 1.54) is 19.6 Å². The Morgan fingerprint density at radius 2 is 2.20 bits per heavy atom. The fraction of sp³-hybridized carbons (Fsp3) is 0.455. The largest absolute Gasteiger partial charge is 0.480 e. The number of hydrogen-bond acceptors (Lipinski definition) is 4. The minimum absolute atomic E-state index is 0.0954. The molecule has 1 atom stereocenters. The molecule has 0 aromatic carbocycles. The van der Waals surface area contributed by atoms with E-state index in [9.17, 15) is 14.4 Å². The van der Waals surface area contributed by atoms with Crippen molar-refractivity contribution in [3.05, 3.63) is 18.2 Å². The molecule has 1 aromatic rings. The summed E-state index contributed by atoms with van der Waals surface area (Å²) >= 11 is 0. The molecular weight excluding hydrogens is 266 g/mol. The predicted octanol–water partition coefficient (Wildman–Crippen LogP) is -1.16. The number of nitrogens with one attached hydrogen (secondary N) is 4. The van der Waals surface area contributed by atoms with Gasteiger partial charge < -0.3 is 26.0 Å². The van der Waals surface area contributed by atoms with Crippen molar-refractivity contribution in [2.75, 3.05) is 13.6 Å². The molecule has 1 aromatic heterocycles. The first kappa shape index (κ1) is 15.5. The average Bonchev–Trinajstić information content (AvgIpc) is 2.90. The normalized spacial score (nSPS) is 11.4. The number of nitrogens with zero attached hydrogens (tertiary/aromatic N) is 1. The maximum atomic E-state index is 11.5. The van der Waals surface area contributed by atoms with Crippen LogP contribution >= 0.6 is 0 Å². The molecular formula is C11H17N5O4. The van der Waals surface area contributed by atoms with Gasteiger partial charge in [-0.05, 0) is 0 Å². The molecule has 1 rings (SSSR count). The number of carboxylic acid groups (broad SMARTS) is 1. The third-order valence-corrected chi connectivity index (χ3v) is 2.50. The Labute approximate surface area is 115 Å². The molecule has 0 spiro atoms. The van der Waals surface area contributed by atoms with Gasteiger partial charge in [-0.2, -0.15) is 0 Å². The number of urea groups is 1. The maximum absolute atomic E-state index is 11.5. The molecule has 0 aliphatic heterocycles. The van der Waals surface area contributed by atoms with E-state index in [2.05, 4.69) is 25.9 Å². The molecule has 9 heteroatoms. The van der Waals surface area contributed by atoms with Gasteiger partial charge in [0.1, 0.15) is 6.04 Å². The Morgan fingerprint density at radius 1 is 1.45 bits per heavy atom. The first-order valence-corrected chi connectivity index (χ1v) is 5.98. The van der Waals surface area contributed by atoms with Gasteiger partial charge >= 0.3 is 12.0 Å². The molecule has 3 amide bonds. The van der Waals surface area contributed by atoms with Crippen LogP contribution in [0.2, 0.25) is 0 Å². The zero-order chi connectivity index (χ0) is 15.0. The SMILES string of the molecule is CNC(=O)CCNC(=O)NC(Cc1cnc[nH]1)C(=O)O. The van der Waals surface area contributed by atoms with Gasteiger partial charge in [-0.25, -0.2) is 14.6 Å². The second kappa shape index (κ2) is 7.77. The van der Waals surface area contributed by atoms with E-state index >= 15 is 0 Å². The fourth-order valence-corrected chi connectivity index (χ4v) is 1.44. The first-order valence-electron chi connectivity index (χ1n) is 5.98. The van der Waals surface area contributed by atoms with Crippen molar-refractivity contribution < 1.29 is 19.5 Å². The molecule has 0 radical (unpaired) electrons. The lowest BCUT2D eigenvalue weighted by Crippen LogP contribution is -2.47. The standard InChI is InChI=1S/C11H17N5O4/c1-12-9(17)2-3-14-11(20)16-8(10(18)19)4-7-5-13-6-15-7/h5-6,8H,2-4H2,1H3,(H,12,17)(H,13,15)(H,18,19)(H2,14,16,20). The number of carbonyl (C=O) groups is 3. The first-order chi connectivity index (χ1) is 9.52. The highest BCUT2D eigenvalue weighted by Crippen LogP contribution is 1.98. The van der Waals surface area contributed by atoms with Crippen LogP contribution in [0.5, 0.6) is 0 Å². The van der Waals surface area contributed by atoms with Crippen molar-refractivity contribution in [1.29, 1.82) is 0 Å². The van der Waals surface area contributed by atoms with Gasteiger partial charge in [0.05, 0.1) is 6.33 Å². The van der Waals surface area contributed by atoms with Crippen LogP contribution in [0.4, 0.5) is 4.79 Å². The smallest absolute Gasteiger partial charge is 0.326 e. The van der Waals surface area contributed by atoms with Gasteiger partial charge in [-0.15, -0.1) is 0 Å². The van der Waals surface area contributed by atoms with E-state index in [0.29, 0.717) is 5.69 Å². The van der Waals surface area contributed by atoms with E-state index in [-0.39, 0.29) is 25.3 Å². The Bertz CT molecular complexity index is 459. The highest BCUT2D eigenvalue weighted by atomic mass is 16.4. The molecule has 0 aliphatic carbocycles. The monoisotopic (exact) mass is 283 g/mol. The van der Waals surface area contributed by atoms with Crippen LogP contribution in [0, 0.1) is 0 Å². The summed E-state index contributed by atoms with van der Waals surface area (Å²) in [5.74, 6) is -1.36. The molecule has 0 bridgehead atoms. The van der Waals surface area contributed by atoms with Gasteiger partial charge in [0.25, 0.3) is 0 Å². The van der Waals surface area contributed by atoms with Crippen molar-refractivity contribution in [2.24, 2.45) is 0 Å².